The Morgan fingerprint density at radius 2 is 2.10 bits per heavy atom. The molecule has 3 heteroatoms. The first-order chi connectivity index (χ1) is 15.0. The average Bonchev–Trinajstić information content (AvgIpc) is 3.22. The summed E-state index contributed by atoms with van der Waals surface area (Å²) in [6, 6.07) is 14.4. The molecule has 31 heavy (non-hydrogen) atoms. The second-order valence-corrected chi connectivity index (χ2v) is 9.35. The van der Waals surface area contributed by atoms with Gasteiger partial charge in [0.1, 0.15) is 0 Å². The summed E-state index contributed by atoms with van der Waals surface area (Å²) in [4.78, 5) is 14.0. The van der Waals surface area contributed by atoms with E-state index in [1.165, 1.54) is 16.9 Å². The van der Waals surface area contributed by atoms with Gasteiger partial charge in [0.05, 0.1) is 10.9 Å². The second-order valence-electron chi connectivity index (χ2n) is 8.41. The van der Waals surface area contributed by atoms with Gasteiger partial charge in [0, 0.05) is 11.6 Å². The van der Waals surface area contributed by atoms with Gasteiger partial charge >= 0.3 is 0 Å². The highest BCUT2D eigenvalue weighted by atomic mass is 32.1. The number of carbonyl (C=O) groups excluding carboxylic acids is 1. The molecule has 160 valence electrons. The molecule has 0 spiro atoms. The molecule has 1 heterocycles. The van der Waals surface area contributed by atoms with E-state index in [1.54, 1.807) is 6.08 Å². The molecule has 3 rings (SSSR count). The molecule has 0 N–H and O–H groups in total. The first-order valence-electron chi connectivity index (χ1n) is 11.2. The number of allylic oxidation sites excluding steroid dienone is 5. The molecular formula is C28H31NOS. The van der Waals surface area contributed by atoms with E-state index in [0.717, 1.165) is 59.3 Å². The van der Waals surface area contributed by atoms with Crippen molar-refractivity contribution in [2.24, 2.45) is 11.8 Å². The van der Waals surface area contributed by atoms with Crippen molar-refractivity contribution in [3.8, 4) is 6.07 Å². The molecule has 1 aliphatic rings. The van der Waals surface area contributed by atoms with E-state index in [-0.39, 0.29) is 11.7 Å². The zero-order valence-electron chi connectivity index (χ0n) is 18.6. The van der Waals surface area contributed by atoms with Crippen molar-refractivity contribution in [2.75, 3.05) is 0 Å². The first kappa shape index (κ1) is 23.0. The average molecular weight is 430 g/mol. The summed E-state index contributed by atoms with van der Waals surface area (Å²) in [6.45, 7) is 8.62. The minimum atomic E-state index is 0.184. The number of nitriles is 1. The molecule has 2 aromatic rings. The third-order valence-corrected chi connectivity index (χ3v) is 7.12. The Kier molecular flexibility index (Phi) is 8.20. The molecule has 2 unspecified atom stereocenters. The predicted molar refractivity (Wildman–Crippen MR) is 131 cm³/mol. The zero-order valence-corrected chi connectivity index (χ0v) is 19.4. The van der Waals surface area contributed by atoms with Crippen molar-refractivity contribution < 1.29 is 4.79 Å². The number of hydrogen-bond acceptors (Lipinski definition) is 3. The third-order valence-electron chi connectivity index (χ3n) is 6.25. The van der Waals surface area contributed by atoms with Crippen molar-refractivity contribution in [1.29, 1.82) is 5.26 Å². The zero-order chi connectivity index (χ0) is 22.2. The maximum absolute atomic E-state index is 13.2. The van der Waals surface area contributed by atoms with Crippen molar-refractivity contribution in [1.82, 2.24) is 0 Å². The minimum Gasteiger partial charge on any atom is -0.288 e. The van der Waals surface area contributed by atoms with E-state index in [4.69, 9.17) is 0 Å². The van der Waals surface area contributed by atoms with E-state index in [1.807, 2.05) is 29.6 Å². The number of hydrogen-bond donors (Lipinski definition) is 0. The SMILES string of the molecule is C=C(C/C(=C/C#N)C1CCC=C(C(=O)c2cccs2)C(CCC)C1)c1ccccc1C. The van der Waals surface area contributed by atoms with Gasteiger partial charge in [-0.15, -0.1) is 11.3 Å². The molecule has 1 aliphatic carbocycles. The molecule has 0 saturated heterocycles. The Labute approximate surface area is 190 Å². The van der Waals surface area contributed by atoms with Gasteiger partial charge in [-0.2, -0.15) is 5.26 Å². The number of benzene rings is 1. The van der Waals surface area contributed by atoms with Gasteiger partial charge < -0.3 is 0 Å². The number of aryl methyl sites for hydroxylation is 1. The number of carbonyl (C=O) groups is 1. The fourth-order valence-corrected chi connectivity index (χ4v) is 5.37. The Bertz CT molecular complexity index is 1020. The monoisotopic (exact) mass is 429 g/mol. The lowest BCUT2D eigenvalue weighted by atomic mass is 9.79. The summed E-state index contributed by atoms with van der Waals surface area (Å²) in [5, 5.41) is 11.5. The lowest BCUT2D eigenvalue weighted by Gasteiger charge is -2.25. The molecule has 1 aromatic heterocycles. The lowest BCUT2D eigenvalue weighted by Crippen LogP contribution is -2.16. The Balaban J connectivity index is 1.82. The molecule has 0 fully saturated rings. The standard InChI is InChI=1S/C28H31NOS/c1-4-9-24-19-22(11-7-13-26(24)28(30)27-14-8-17-31-27)23(15-16-29)18-21(3)25-12-6-5-10-20(25)2/h5-6,8,10,12-15,17,22,24H,3-4,7,9,11,18-19H2,1-2H3/b23-15-. The van der Waals surface area contributed by atoms with Crippen molar-refractivity contribution >= 4 is 22.7 Å². The van der Waals surface area contributed by atoms with E-state index in [9.17, 15) is 10.1 Å². The number of Topliss-reactive ketones (excluding diaryl/α,β-unsaturated/α-hetero) is 1. The van der Waals surface area contributed by atoms with Crippen LogP contribution < -0.4 is 0 Å². The van der Waals surface area contributed by atoms with Crippen LogP contribution >= 0.6 is 11.3 Å². The quantitative estimate of drug-likeness (QED) is 0.316. The lowest BCUT2D eigenvalue weighted by molar-refractivity contribution is 0.102. The van der Waals surface area contributed by atoms with Gasteiger partial charge in [-0.1, -0.05) is 61.9 Å². The van der Waals surface area contributed by atoms with Crippen molar-refractivity contribution in [3.05, 3.63) is 87.7 Å². The van der Waals surface area contributed by atoms with E-state index in [2.05, 4.69) is 44.7 Å². The molecule has 0 radical (unpaired) electrons. The van der Waals surface area contributed by atoms with Crippen LogP contribution in [0.25, 0.3) is 5.57 Å². The van der Waals surface area contributed by atoms with E-state index >= 15 is 0 Å². The smallest absolute Gasteiger partial charge is 0.198 e. The van der Waals surface area contributed by atoms with E-state index < -0.39 is 0 Å². The van der Waals surface area contributed by atoms with E-state index in [0.29, 0.717) is 12.3 Å². The van der Waals surface area contributed by atoms with Crippen LogP contribution in [0.3, 0.4) is 0 Å². The maximum atomic E-state index is 13.2. The Morgan fingerprint density at radius 3 is 2.77 bits per heavy atom. The normalized spacial score (nSPS) is 19.3. The number of ketones is 1. The molecule has 0 amide bonds. The molecule has 2 nitrogen and oxygen atoms in total. The molecule has 0 bridgehead atoms. The molecule has 1 aromatic carbocycles. The van der Waals surface area contributed by atoms with Crippen LogP contribution in [0.1, 0.15) is 66.2 Å². The topological polar surface area (TPSA) is 40.9 Å². The van der Waals surface area contributed by atoms with Crippen LogP contribution in [0, 0.1) is 30.1 Å². The minimum absolute atomic E-state index is 0.184. The van der Waals surface area contributed by atoms with Gasteiger partial charge in [-0.05, 0) is 79.0 Å². The van der Waals surface area contributed by atoms with Crippen molar-refractivity contribution in [2.45, 2.75) is 52.4 Å². The number of thiophene rings is 1. The largest absolute Gasteiger partial charge is 0.288 e. The van der Waals surface area contributed by atoms with Gasteiger partial charge in [0.25, 0.3) is 0 Å². The molecule has 0 saturated carbocycles. The molecular weight excluding hydrogens is 398 g/mol. The molecule has 2 atom stereocenters. The predicted octanol–water partition coefficient (Wildman–Crippen LogP) is 7.94. The van der Waals surface area contributed by atoms with Crippen molar-refractivity contribution in [3.63, 3.8) is 0 Å². The Morgan fingerprint density at radius 1 is 1.29 bits per heavy atom. The maximum Gasteiger partial charge on any atom is 0.198 e. The second kappa shape index (κ2) is 11.1. The summed E-state index contributed by atoms with van der Waals surface area (Å²) in [5.41, 5.74) is 5.55. The summed E-state index contributed by atoms with van der Waals surface area (Å²) in [6.07, 6.45) is 9.40. The van der Waals surface area contributed by atoms with Crippen LogP contribution in [0.4, 0.5) is 0 Å². The highest BCUT2D eigenvalue weighted by Gasteiger charge is 2.29. The summed E-state index contributed by atoms with van der Waals surface area (Å²) < 4.78 is 0. The highest BCUT2D eigenvalue weighted by Crippen LogP contribution is 2.39. The summed E-state index contributed by atoms with van der Waals surface area (Å²) in [5.74, 6) is 0.715. The Hall–Kier alpha value is -2.70. The number of rotatable bonds is 8. The summed E-state index contributed by atoms with van der Waals surface area (Å²) >= 11 is 1.52. The van der Waals surface area contributed by atoms with Gasteiger partial charge in [0.15, 0.2) is 5.78 Å². The third kappa shape index (κ3) is 5.71. The molecule has 0 aliphatic heterocycles. The van der Waals surface area contributed by atoms with Crippen LogP contribution in [-0.2, 0) is 0 Å². The highest BCUT2D eigenvalue weighted by molar-refractivity contribution is 7.12. The van der Waals surface area contributed by atoms with Gasteiger partial charge in [-0.25, -0.2) is 0 Å². The fraction of sp³-hybridized carbons (Fsp3) is 0.357. The van der Waals surface area contributed by atoms with Crippen LogP contribution in [0.2, 0.25) is 0 Å². The van der Waals surface area contributed by atoms with Crippen LogP contribution in [0.15, 0.2) is 71.7 Å². The van der Waals surface area contributed by atoms with Crippen LogP contribution in [0.5, 0.6) is 0 Å². The first-order valence-corrected chi connectivity index (χ1v) is 12.0. The fourth-order valence-electron chi connectivity index (χ4n) is 4.69. The summed E-state index contributed by atoms with van der Waals surface area (Å²) in [7, 11) is 0. The number of nitrogens with zero attached hydrogens (tertiary/aromatic N) is 1. The van der Waals surface area contributed by atoms with Gasteiger partial charge in [-0.3, -0.25) is 4.79 Å². The van der Waals surface area contributed by atoms with Gasteiger partial charge in [0.2, 0.25) is 0 Å². The van der Waals surface area contributed by atoms with Crippen LogP contribution in [-0.4, -0.2) is 5.78 Å².